The van der Waals surface area contributed by atoms with Crippen molar-refractivity contribution in [1.82, 2.24) is 9.88 Å². The molecule has 25 heavy (non-hydrogen) atoms. The van der Waals surface area contributed by atoms with Gasteiger partial charge in [0, 0.05) is 36.9 Å². The summed E-state index contributed by atoms with van der Waals surface area (Å²) in [4.78, 5) is 6.92. The van der Waals surface area contributed by atoms with Crippen LogP contribution in [0, 0.1) is 11.3 Å². The van der Waals surface area contributed by atoms with Crippen LogP contribution in [0.25, 0.3) is 0 Å². The Morgan fingerprint density at radius 1 is 1.00 bits per heavy atom. The topological polar surface area (TPSA) is 39.9 Å². The van der Waals surface area contributed by atoms with Gasteiger partial charge in [-0.2, -0.15) is 5.26 Å². The van der Waals surface area contributed by atoms with E-state index in [2.05, 4.69) is 55.8 Å². The van der Waals surface area contributed by atoms with Crippen LogP contribution in [-0.2, 0) is 11.8 Å². The Labute approximate surface area is 152 Å². The smallest absolute Gasteiger partial charge is 0.0889 e. The normalized spacial score (nSPS) is 13.8. The van der Waals surface area contributed by atoms with Crippen molar-refractivity contribution in [2.24, 2.45) is 0 Å². The van der Waals surface area contributed by atoms with Crippen molar-refractivity contribution in [2.45, 2.75) is 58.0 Å². The lowest BCUT2D eigenvalue weighted by molar-refractivity contribution is 0.162. The van der Waals surface area contributed by atoms with Crippen molar-refractivity contribution >= 4 is 0 Å². The zero-order valence-corrected chi connectivity index (χ0v) is 15.8. The van der Waals surface area contributed by atoms with E-state index in [-0.39, 0.29) is 0 Å². The number of benzene rings is 1. The van der Waals surface area contributed by atoms with Crippen molar-refractivity contribution in [3.63, 3.8) is 0 Å². The molecule has 2 rings (SSSR count). The highest BCUT2D eigenvalue weighted by atomic mass is 15.2. The van der Waals surface area contributed by atoms with E-state index < -0.39 is 5.41 Å². The van der Waals surface area contributed by atoms with Crippen LogP contribution < -0.4 is 0 Å². The van der Waals surface area contributed by atoms with Gasteiger partial charge >= 0.3 is 0 Å². The van der Waals surface area contributed by atoms with Crippen molar-refractivity contribution in [2.75, 3.05) is 6.54 Å². The predicted molar refractivity (Wildman–Crippen MR) is 103 cm³/mol. The number of nitrogens with zero attached hydrogens (tertiary/aromatic N) is 3. The minimum atomic E-state index is -0.558. The van der Waals surface area contributed by atoms with Gasteiger partial charge in [-0.15, -0.1) is 0 Å². The molecule has 132 valence electrons. The van der Waals surface area contributed by atoms with E-state index >= 15 is 0 Å². The monoisotopic (exact) mass is 335 g/mol. The molecule has 0 fully saturated rings. The molecule has 1 heterocycles. The van der Waals surface area contributed by atoms with Gasteiger partial charge in [-0.1, -0.05) is 36.4 Å². The average Bonchev–Trinajstić information content (AvgIpc) is 2.62. The largest absolute Gasteiger partial charge is 0.298 e. The summed E-state index contributed by atoms with van der Waals surface area (Å²) in [7, 11) is 0. The van der Waals surface area contributed by atoms with Crippen LogP contribution in [0.2, 0.25) is 0 Å². The van der Waals surface area contributed by atoms with Gasteiger partial charge in [0.15, 0.2) is 0 Å². The van der Waals surface area contributed by atoms with Gasteiger partial charge in [0.1, 0.15) is 0 Å². The second-order valence-corrected chi connectivity index (χ2v) is 7.23. The van der Waals surface area contributed by atoms with Crippen molar-refractivity contribution in [1.29, 1.82) is 5.26 Å². The van der Waals surface area contributed by atoms with Gasteiger partial charge in [0.25, 0.3) is 0 Å². The molecule has 0 aliphatic carbocycles. The van der Waals surface area contributed by atoms with E-state index in [0.717, 1.165) is 24.2 Å². The molecule has 3 nitrogen and oxygen atoms in total. The molecule has 3 heteroatoms. The van der Waals surface area contributed by atoms with Crippen LogP contribution in [0.15, 0.2) is 54.7 Å². The van der Waals surface area contributed by atoms with Crippen LogP contribution >= 0.6 is 0 Å². The third kappa shape index (κ3) is 4.90. The molecule has 1 unspecified atom stereocenters. The molecular formula is C22H29N3. The second kappa shape index (κ2) is 8.78. The molecule has 0 radical (unpaired) electrons. The number of hydrogen-bond acceptors (Lipinski definition) is 3. The first-order chi connectivity index (χ1) is 12.0. The summed E-state index contributed by atoms with van der Waals surface area (Å²) < 4.78 is 0. The lowest BCUT2D eigenvalue weighted by Crippen LogP contribution is -2.41. The van der Waals surface area contributed by atoms with Crippen LogP contribution in [0.1, 0.15) is 45.4 Å². The highest BCUT2D eigenvalue weighted by molar-refractivity contribution is 5.34. The Hall–Kier alpha value is -2.18. The highest BCUT2D eigenvalue weighted by Gasteiger charge is 2.34. The Bertz CT molecular complexity index is 665. The molecule has 1 aromatic carbocycles. The minimum absolute atomic E-state index is 0.460. The average molecular weight is 335 g/mol. The van der Waals surface area contributed by atoms with Crippen molar-refractivity contribution in [3.05, 3.63) is 66.0 Å². The molecule has 1 aromatic heterocycles. The van der Waals surface area contributed by atoms with Gasteiger partial charge in [-0.05, 0) is 51.8 Å². The molecule has 0 bridgehead atoms. The Kier molecular flexibility index (Phi) is 6.73. The first-order valence-electron chi connectivity index (χ1n) is 9.11. The number of aromatic nitrogens is 1. The molecule has 1 atom stereocenters. The maximum absolute atomic E-state index is 10.2. The summed E-state index contributed by atoms with van der Waals surface area (Å²) in [6.07, 6.45) is 3.23. The summed E-state index contributed by atoms with van der Waals surface area (Å²) in [5.74, 6) is 0. The van der Waals surface area contributed by atoms with Gasteiger partial charge < -0.3 is 0 Å². The van der Waals surface area contributed by atoms with Gasteiger partial charge in [0.2, 0.25) is 0 Å². The number of rotatable bonds is 8. The van der Waals surface area contributed by atoms with Gasteiger partial charge in [0.05, 0.1) is 11.5 Å². The van der Waals surface area contributed by atoms with Crippen LogP contribution in [0.3, 0.4) is 0 Å². The second-order valence-electron chi connectivity index (χ2n) is 7.23. The molecule has 0 aliphatic heterocycles. The summed E-state index contributed by atoms with van der Waals surface area (Å²) in [5, 5.41) is 10.2. The fourth-order valence-electron chi connectivity index (χ4n) is 3.50. The summed E-state index contributed by atoms with van der Waals surface area (Å²) >= 11 is 0. The van der Waals surface area contributed by atoms with E-state index in [9.17, 15) is 5.26 Å². The molecular weight excluding hydrogens is 306 g/mol. The molecule has 2 aromatic rings. The van der Waals surface area contributed by atoms with Crippen LogP contribution in [-0.4, -0.2) is 28.5 Å². The standard InChI is InChI=1S/C22H29N3/c1-18(2)25(19(3)4)15-13-22(17-23,20-10-6-5-7-11-20)16-21-12-8-9-14-24-21/h5-12,14,18-19H,13,15-16H2,1-4H3. The zero-order valence-electron chi connectivity index (χ0n) is 15.8. The number of pyridine rings is 1. The van der Waals surface area contributed by atoms with E-state index in [0.29, 0.717) is 18.5 Å². The SMILES string of the molecule is CC(C)N(CCC(C#N)(Cc1ccccn1)c1ccccc1)C(C)C. The lowest BCUT2D eigenvalue weighted by atomic mass is 9.75. The van der Waals surface area contributed by atoms with E-state index in [1.165, 1.54) is 0 Å². The first kappa shape index (κ1) is 19.1. The number of hydrogen-bond donors (Lipinski definition) is 0. The van der Waals surface area contributed by atoms with E-state index in [1.54, 1.807) is 6.20 Å². The third-order valence-electron chi connectivity index (χ3n) is 4.87. The summed E-state index contributed by atoms with van der Waals surface area (Å²) in [5.41, 5.74) is 1.49. The van der Waals surface area contributed by atoms with Crippen LogP contribution in [0.4, 0.5) is 0 Å². The molecule has 0 aliphatic rings. The Morgan fingerprint density at radius 2 is 1.64 bits per heavy atom. The maximum Gasteiger partial charge on any atom is 0.0889 e. The molecule has 0 N–H and O–H groups in total. The zero-order chi connectivity index (χ0) is 18.3. The van der Waals surface area contributed by atoms with Gasteiger partial charge in [-0.25, -0.2) is 0 Å². The molecule has 0 saturated carbocycles. The first-order valence-corrected chi connectivity index (χ1v) is 9.11. The Balaban J connectivity index is 2.33. The van der Waals surface area contributed by atoms with Crippen molar-refractivity contribution < 1.29 is 0 Å². The molecule has 0 spiro atoms. The van der Waals surface area contributed by atoms with E-state index in [1.807, 2.05) is 36.4 Å². The maximum atomic E-state index is 10.2. The third-order valence-corrected chi connectivity index (χ3v) is 4.87. The highest BCUT2D eigenvalue weighted by Crippen LogP contribution is 2.32. The minimum Gasteiger partial charge on any atom is -0.298 e. The predicted octanol–water partition coefficient (Wildman–Crippen LogP) is 4.59. The Morgan fingerprint density at radius 3 is 2.16 bits per heavy atom. The van der Waals surface area contributed by atoms with Crippen molar-refractivity contribution in [3.8, 4) is 6.07 Å². The fraction of sp³-hybridized carbons (Fsp3) is 0.455. The quantitative estimate of drug-likeness (QED) is 0.708. The lowest BCUT2D eigenvalue weighted by Gasteiger charge is -2.35. The number of nitriles is 1. The van der Waals surface area contributed by atoms with Crippen LogP contribution in [0.5, 0.6) is 0 Å². The van der Waals surface area contributed by atoms with E-state index in [4.69, 9.17) is 0 Å². The fourth-order valence-corrected chi connectivity index (χ4v) is 3.50. The molecule has 0 saturated heterocycles. The van der Waals surface area contributed by atoms with Gasteiger partial charge in [-0.3, -0.25) is 9.88 Å². The summed E-state index contributed by atoms with van der Waals surface area (Å²) in [6.45, 7) is 9.76. The summed E-state index contributed by atoms with van der Waals surface area (Å²) in [6, 6.07) is 19.7. The molecule has 0 amide bonds.